The molecule has 3 rings (SSSR count). The van der Waals surface area contributed by atoms with E-state index in [1.807, 2.05) is 13.0 Å². The number of likely N-dealkylation sites (tertiary alicyclic amines) is 1. The number of alkyl halides is 6. The third kappa shape index (κ3) is 9.85. The van der Waals surface area contributed by atoms with Crippen molar-refractivity contribution in [2.24, 2.45) is 0 Å². The Hall–Kier alpha value is -2.65. The van der Waals surface area contributed by atoms with Crippen LogP contribution in [0.3, 0.4) is 0 Å². The Kier molecular flexibility index (Phi) is 11.7. The minimum absolute atomic E-state index is 0.183. The molecule has 0 unspecified atom stereocenters. The molecule has 0 amide bonds. The fourth-order valence-corrected chi connectivity index (χ4v) is 3.49. The molecule has 2 N–H and O–H groups in total. The number of pyridine rings is 1. The predicted octanol–water partition coefficient (Wildman–Crippen LogP) is 3.13. The van der Waals surface area contributed by atoms with Crippen molar-refractivity contribution in [3.63, 3.8) is 0 Å². The number of carboxylic acid groups (broad SMARTS) is 2. The summed E-state index contributed by atoms with van der Waals surface area (Å²) in [5.74, 6) is -4.80. The molecule has 200 valence electrons. The van der Waals surface area contributed by atoms with Gasteiger partial charge in [0.2, 0.25) is 5.88 Å². The molecule has 0 saturated carbocycles. The Morgan fingerprint density at radius 3 is 2.23 bits per heavy atom. The van der Waals surface area contributed by atoms with Crippen LogP contribution in [0.5, 0.6) is 5.88 Å². The molecule has 15 heteroatoms. The van der Waals surface area contributed by atoms with Gasteiger partial charge in [-0.05, 0) is 25.8 Å². The first-order valence-corrected chi connectivity index (χ1v) is 10.3. The number of rotatable bonds is 5. The lowest BCUT2D eigenvalue weighted by Crippen LogP contribution is -2.41. The van der Waals surface area contributed by atoms with Gasteiger partial charge < -0.3 is 24.4 Å². The fourth-order valence-electron chi connectivity index (χ4n) is 3.49. The van der Waals surface area contributed by atoms with Gasteiger partial charge in [0.1, 0.15) is 6.10 Å². The molecule has 35 heavy (non-hydrogen) atoms. The minimum atomic E-state index is -5.08. The Morgan fingerprint density at radius 1 is 1.17 bits per heavy atom. The van der Waals surface area contributed by atoms with Gasteiger partial charge in [-0.3, -0.25) is 4.90 Å². The number of methoxy groups -OCH3 is 1. The van der Waals surface area contributed by atoms with Crippen molar-refractivity contribution in [1.82, 2.24) is 9.88 Å². The maximum Gasteiger partial charge on any atom is 0.490 e. The van der Waals surface area contributed by atoms with Gasteiger partial charge in [-0.2, -0.15) is 26.3 Å². The van der Waals surface area contributed by atoms with Crippen molar-refractivity contribution >= 4 is 11.9 Å². The van der Waals surface area contributed by atoms with Crippen LogP contribution in [-0.2, 0) is 25.6 Å². The van der Waals surface area contributed by atoms with Gasteiger partial charge in [0.15, 0.2) is 0 Å². The van der Waals surface area contributed by atoms with Crippen LogP contribution in [0.2, 0.25) is 0 Å². The van der Waals surface area contributed by atoms with Crippen LogP contribution < -0.4 is 4.74 Å². The second-order valence-corrected chi connectivity index (χ2v) is 7.25. The third-order valence-corrected chi connectivity index (χ3v) is 4.87. The van der Waals surface area contributed by atoms with Crippen LogP contribution in [-0.4, -0.2) is 89.5 Å². The lowest BCUT2D eigenvalue weighted by Gasteiger charge is -2.32. The summed E-state index contributed by atoms with van der Waals surface area (Å²) in [5.41, 5.74) is 1.13. The average molecular weight is 520 g/mol. The zero-order valence-electron chi connectivity index (χ0n) is 18.8. The normalized spacial score (nSPS) is 22.1. The summed E-state index contributed by atoms with van der Waals surface area (Å²) < 4.78 is 80.7. The smallest absolute Gasteiger partial charge is 0.481 e. The summed E-state index contributed by atoms with van der Waals surface area (Å²) in [6, 6.07) is 4.49. The van der Waals surface area contributed by atoms with Gasteiger partial charge in [0.25, 0.3) is 0 Å². The molecule has 0 aliphatic carbocycles. The van der Waals surface area contributed by atoms with Crippen molar-refractivity contribution < 1.29 is 60.4 Å². The van der Waals surface area contributed by atoms with Crippen molar-refractivity contribution in [1.29, 1.82) is 0 Å². The van der Waals surface area contributed by atoms with E-state index in [-0.39, 0.29) is 12.2 Å². The molecule has 1 aromatic rings. The lowest BCUT2D eigenvalue weighted by atomic mass is 10.0. The number of aliphatic carboxylic acids is 2. The SMILES string of the molecule is CCO[C@@H]1CN(Cc2cccnc2OC)[C@@H]2CCCO[C@@H]21.O=C(O)C(F)(F)F.O=C(O)C(F)(F)F. The zero-order valence-corrected chi connectivity index (χ0v) is 18.8. The largest absolute Gasteiger partial charge is 0.490 e. The fraction of sp³-hybridized carbons (Fsp3) is 0.650. The number of hydrogen-bond acceptors (Lipinski definition) is 7. The van der Waals surface area contributed by atoms with E-state index in [9.17, 15) is 26.3 Å². The molecule has 3 heterocycles. The number of carboxylic acids is 2. The molecule has 2 fully saturated rings. The first-order valence-electron chi connectivity index (χ1n) is 10.3. The standard InChI is InChI=1S/C16H24N2O3.2C2HF3O2/c1-3-20-14-11-18(13-7-5-9-21-15(13)14)10-12-6-4-8-17-16(12)19-2;2*3-2(4,5)1(6)7/h4,6,8,13-15H,3,5,7,9-11H2,1-2H3;2*(H,6,7)/t13-,14-,15+;;/m1../s1. The van der Waals surface area contributed by atoms with Gasteiger partial charge in [-0.15, -0.1) is 0 Å². The van der Waals surface area contributed by atoms with Crippen LogP contribution in [0.15, 0.2) is 18.3 Å². The first kappa shape index (κ1) is 30.4. The number of carbonyl (C=O) groups is 2. The second-order valence-electron chi connectivity index (χ2n) is 7.25. The molecule has 2 aliphatic rings. The van der Waals surface area contributed by atoms with Crippen molar-refractivity contribution in [3.8, 4) is 5.88 Å². The van der Waals surface area contributed by atoms with E-state index in [0.717, 1.165) is 38.3 Å². The molecule has 2 aliphatic heterocycles. The van der Waals surface area contributed by atoms with Crippen molar-refractivity contribution in [2.45, 2.75) is 56.9 Å². The summed E-state index contributed by atoms with van der Waals surface area (Å²) in [7, 11) is 1.67. The number of aromatic nitrogens is 1. The molecule has 0 spiro atoms. The number of fused-ring (bicyclic) bond motifs is 1. The number of hydrogen-bond donors (Lipinski definition) is 2. The van der Waals surface area contributed by atoms with Crippen LogP contribution in [0.1, 0.15) is 25.3 Å². The zero-order chi connectivity index (χ0) is 26.8. The second kappa shape index (κ2) is 13.4. The predicted molar refractivity (Wildman–Crippen MR) is 107 cm³/mol. The van der Waals surface area contributed by atoms with Gasteiger partial charge >= 0.3 is 24.3 Å². The van der Waals surface area contributed by atoms with Gasteiger partial charge in [-0.1, -0.05) is 6.07 Å². The van der Waals surface area contributed by atoms with E-state index < -0.39 is 24.3 Å². The lowest BCUT2D eigenvalue weighted by molar-refractivity contribution is -0.193. The van der Waals surface area contributed by atoms with Crippen LogP contribution >= 0.6 is 0 Å². The highest BCUT2D eigenvalue weighted by molar-refractivity contribution is 5.73. The van der Waals surface area contributed by atoms with Crippen LogP contribution in [0.25, 0.3) is 0 Å². The summed E-state index contributed by atoms with van der Waals surface area (Å²) >= 11 is 0. The maximum atomic E-state index is 10.6. The van der Waals surface area contributed by atoms with Gasteiger partial charge in [-0.25, -0.2) is 14.6 Å². The number of nitrogens with zero attached hydrogens (tertiary/aromatic N) is 2. The molecule has 1 aromatic heterocycles. The van der Waals surface area contributed by atoms with Crippen molar-refractivity contribution in [3.05, 3.63) is 23.9 Å². The summed E-state index contributed by atoms with van der Waals surface area (Å²) in [6.07, 6.45) is -5.70. The number of ether oxygens (including phenoxy) is 3. The monoisotopic (exact) mass is 520 g/mol. The van der Waals surface area contributed by atoms with E-state index in [4.69, 9.17) is 34.0 Å². The summed E-state index contributed by atoms with van der Waals surface area (Å²) in [6.45, 7) is 5.40. The Balaban J connectivity index is 0.000000362. The van der Waals surface area contributed by atoms with Crippen LogP contribution in [0, 0.1) is 0 Å². The average Bonchev–Trinajstić information content (AvgIpc) is 3.11. The Bertz CT molecular complexity index is 798. The molecular formula is C20H26F6N2O7. The van der Waals surface area contributed by atoms with Crippen molar-refractivity contribution in [2.75, 3.05) is 26.9 Å². The van der Waals surface area contributed by atoms with Crippen LogP contribution in [0.4, 0.5) is 26.3 Å². The molecule has 0 radical (unpaired) electrons. The molecule has 9 nitrogen and oxygen atoms in total. The Morgan fingerprint density at radius 2 is 1.74 bits per heavy atom. The van der Waals surface area contributed by atoms with Gasteiger partial charge in [0, 0.05) is 44.1 Å². The first-order chi connectivity index (χ1) is 16.2. The Labute approximate surface area is 196 Å². The molecule has 3 atom stereocenters. The minimum Gasteiger partial charge on any atom is -0.481 e. The topological polar surface area (TPSA) is 118 Å². The molecule has 2 saturated heterocycles. The number of halogens is 6. The van der Waals surface area contributed by atoms with E-state index in [1.54, 1.807) is 13.3 Å². The van der Waals surface area contributed by atoms with E-state index in [2.05, 4.69) is 16.0 Å². The quantitative estimate of drug-likeness (QED) is 0.565. The molecular weight excluding hydrogens is 494 g/mol. The highest BCUT2D eigenvalue weighted by Gasteiger charge is 2.44. The third-order valence-electron chi connectivity index (χ3n) is 4.87. The molecule has 0 aromatic carbocycles. The van der Waals surface area contributed by atoms with E-state index in [1.165, 1.54) is 6.42 Å². The highest BCUT2D eigenvalue weighted by atomic mass is 19.4. The highest BCUT2D eigenvalue weighted by Crippen LogP contribution is 2.32. The molecule has 0 bridgehead atoms. The summed E-state index contributed by atoms with van der Waals surface area (Å²) in [5, 5.41) is 14.2. The summed E-state index contributed by atoms with van der Waals surface area (Å²) in [4.78, 5) is 24.5. The van der Waals surface area contributed by atoms with E-state index >= 15 is 0 Å². The van der Waals surface area contributed by atoms with Gasteiger partial charge in [0.05, 0.1) is 13.2 Å². The van der Waals surface area contributed by atoms with E-state index in [0.29, 0.717) is 11.9 Å². The maximum absolute atomic E-state index is 10.6.